The number of para-hydroxylation sites is 1. The molecule has 0 bridgehead atoms. The van der Waals surface area contributed by atoms with Crippen LogP contribution in [0.4, 0.5) is 5.69 Å². The highest BCUT2D eigenvalue weighted by molar-refractivity contribution is 7.80. The zero-order chi connectivity index (χ0) is 32.7. The Morgan fingerprint density at radius 1 is 0.604 bits per heavy atom. The molecule has 0 unspecified atom stereocenters. The van der Waals surface area contributed by atoms with Gasteiger partial charge in [0.1, 0.15) is 0 Å². The Balaban J connectivity index is 0.000000347. The lowest BCUT2D eigenvalue weighted by atomic mass is 9.76. The van der Waals surface area contributed by atoms with E-state index in [0.717, 1.165) is 17.0 Å². The molecule has 0 fully saturated rings. The maximum Gasteiger partial charge on any atom is 0.0449 e. The van der Waals surface area contributed by atoms with Crippen LogP contribution in [-0.2, 0) is 18.3 Å². The number of allylic oxidation sites excluding steroid dienone is 2. The molecule has 48 heavy (non-hydrogen) atoms. The average molecular weight is 638 g/mol. The first-order valence-corrected chi connectivity index (χ1v) is 17.7. The normalized spacial score (nSPS) is 15.1. The number of nitrogen functional groups attached to an aromatic ring is 1. The third-order valence-corrected chi connectivity index (χ3v) is 11.7. The maximum atomic E-state index is 5.44. The van der Waals surface area contributed by atoms with Crippen molar-refractivity contribution < 1.29 is 0 Å². The summed E-state index contributed by atoms with van der Waals surface area (Å²) in [4.78, 5) is 0.840. The van der Waals surface area contributed by atoms with Crippen molar-refractivity contribution in [2.75, 3.05) is 5.73 Å². The van der Waals surface area contributed by atoms with E-state index in [4.69, 9.17) is 5.73 Å². The van der Waals surface area contributed by atoms with E-state index in [1.54, 1.807) is 16.7 Å². The predicted molar refractivity (Wildman–Crippen MR) is 209 cm³/mol. The summed E-state index contributed by atoms with van der Waals surface area (Å²) in [5.74, 6) is 0. The Labute approximate surface area is 288 Å². The molecule has 234 valence electrons. The highest BCUT2D eigenvalue weighted by atomic mass is 32.1. The lowest BCUT2D eigenvalue weighted by molar-refractivity contribution is 0.661. The minimum absolute atomic E-state index is 0.0253. The second-order valence-corrected chi connectivity index (χ2v) is 14.8. The van der Waals surface area contributed by atoms with E-state index in [1.165, 1.54) is 96.1 Å². The highest BCUT2D eigenvalue weighted by Crippen LogP contribution is 2.53. The molecule has 7 aromatic carbocycles. The molecule has 0 spiro atoms. The van der Waals surface area contributed by atoms with Crippen LogP contribution in [0.5, 0.6) is 0 Å². The first-order chi connectivity index (χ1) is 23.3. The van der Waals surface area contributed by atoms with Crippen molar-refractivity contribution in [1.29, 1.82) is 0 Å². The molecule has 0 heterocycles. The maximum absolute atomic E-state index is 5.44. The largest absolute Gasteiger partial charge is 0.398 e. The lowest BCUT2D eigenvalue weighted by Crippen LogP contribution is -2.14. The summed E-state index contributed by atoms with van der Waals surface area (Å²) >= 11 is 4.07. The molecule has 0 radical (unpaired) electrons. The zero-order valence-corrected chi connectivity index (χ0v) is 28.7. The quantitative estimate of drug-likeness (QED) is 0.105. The van der Waals surface area contributed by atoms with Crippen LogP contribution in [0.1, 0.15) is 60.1 Å². The van der Waals surface area contributed by atoms with Crippen molar-refractivity contribution in [2.45, 2.75) is 56.8 Å². The number of hydrogen-bond acceptors (Lipinski definition) is 2. The molecule has 3 aliphatic rings. The van der Waals surface area contributed by atoms with Gasteiger partial charge in [0.15, 0.2) is 0 Å². The van der Waals surface area contributed by atoms with Gasteiger partial charge in [-0.25, -0.2) is 0 Å². The smallest absolute Gasteiger partial charge is 0.0449 e. The van der Waals surface area contributed by atoms with Gasteiger partial charge in [0.05, 0.1) is 0 Å². The fraction of sp³-hybridized carbons (Fsp3) is 0.174. The highest BCUT2D eigenvalue weighted by Gasteiger charge is 2.36. The average Bonchev–Trinajstić information content (AvgIpc) is 3.34. The van der Waals surface area contributed by atoms with Gasteiger partial charge in [-0.1, -0.05) is 105 Å². The minimum atomic E-state index is -0.0253. The van der Waals surface area contributed by atoms with Crippen LogP contribution < -0.4 is 5.73 Å². The number of aryl methyl sites for hydroxylation is 2. The van der Waals surface area contributed by atoms with Crippen molar-refractivity contribution in [3.05, 3.63) is 149 Å². The van der Waals surface area contributed by atoms with Gasteiger partial charge in [0.25, 0.3) is 0 Å². The fourth-order valence-electron chi connectivity index (χ4n) is 8.92. The Morgan fingerprint density at radius 2 is 1.35 bits per heavy atom. The van der Waals surface area contributed by atoms with E-state index in [2.05, 4.69) is 124 Å². The number of benzene rings is 7. The molecule has 3 aliphatic carbocycles. The van der Waals surface area contributed by atoms with Crippen molar-refractivity contribution in [3.63, 3.8) is 0 Å². The van der Waals surface area contributed by atoms with Gasteiger partial charge in [0, 0.05) is 16.0 Å². The lowest BCUT2D eigenvalue weighted by Gasteiger charge is -2.28. The van der Waals surface area contributed by atoms with E-state index in [9.17, 15) is 0 Å². The summed E-state index contributed by atoms with van der Waals surface area (Å²) in [5, 5.41) is 8.41. The van der Waals surface area contributed by atoms with Gasteiger partial charge >= 0.3 is 0 Å². The summed E-state index contributed by atoms with van der Waals surface area (Å²) in [6, 6.07) is 40.3. The molecule has 2 N–H and O–H groups in total. The Hall–Kier alpha value is -4.79. The Kier molecular flexibility index (Phi) is 6.65. The van der Waals surface area contributed by atoms with Gasteiger partial charge in [0.2, 0.25) is 0 Å². The van der Waals surface area contributed by atoms with Crippen molar-refractivity contribution in [1.82, 2.24) is 0 Å². The van der Waals surface area contributed by atoms with Crippen molar-refractivity contribution in [3.8, 4) is 22.3 Å². The number of fused-ring (bicyclic) bond motifs is 5. The molecule has 0 saturated carbocycles. The second-order valence-electron chi connectivity index (χ2n) is 14.3. The minimum Gasteiger partial charge on any atom is -0.398 e. The Morgan fingerprint density at radius 3 is 2.17 bits per heavy atom. The van der Waals surface area contributed by atoms with Gasteiger partial charge in [-0.3, -0.25) is 0 Å². The molecule has 0 atom stereocenters. The van der Waals surface area contributed by atoms with Crippen LogP contribution in [0.15, 0.2) is 120 Å². The van der Waals surface area contributed by atoms with E-state index in [-0.39, 0.29) is 5.41 Å². The summed E-state index contributed by atoms with van der Waals surface area (Å²) < 4.78 is 0. The van der Waals surface area contributed by atoms with Crippen LogP contribution >= 0.6 is 12.6 Å². The van der Waals surface area contributed by atoms with Crippen LogP contribution in [0.2, 0.25) is 0 Å². The van der Waals surface area contributed by atoms with E-state index in [0.29, 0.717) is 0 Å². The molecule has 1 nitrogen and oxygen atoms in total. The molecule has 0 saturated heterocycles. The van der Waals surface area contributed by atoms with E-state index >= 15 is 0 Å². The van der Waals surface area contributed by atoms with Crippen LogP contribution in [-0.4, -0.2) is 0 Å². The van der Waals surface area contributed by atoms with Gasteiger partial charge in [-0.05, 0) is 150 Å². The molecule has 0 aliphatic heterocycles. The first-order valence-electron chi connectivity index (χ1n) is 17.2. The van der Waals surface area contributed by atoms with Crippen molar-refractivity contribution in [2.24, 2.45) is 0 Å². The van der Waals surface area contributed by atoms with Crippen LogP contribution in [0.25, 0.3) is 60.1 Å². The fourth-order valence-corrected chi connectivity index (χ4v) is 9.08. The van der Waals surface area contributed by atoms with Gasteiger partial charge < -0.3 is 5.73 Å². The summed E-state index contributed by atoms with van der Waals surface area (Å²) in [6.45, 7) is 7.11. The summed E-state index contributed by atoms with van der Waals surface area (Å²) in [7, 11) is 0. The number of thiol groups is 1. The molecule has 10 rings (SSSR count). The number of hydrogen-bond donors (Lipinski definition) is 2. The standard InChI is InChI=1S/C40H32.C6H7NS/c1-23-27-11-4-5-13-29(27)39(34-22-36-33(21-32(23)34)28-12-6-7-14-35(28)40(36,2)3)31-20-18-26-16-15-24-9-8-10-25-17-19-30(31)38(26)37(24)25;7-5-3-1-2-4-6(5)8/h4-7,11-15,17-22H,8-10,16H2,1-3H3;1-4,8H,7H2. The molecule has 7 aromatic rings. The molecular formula is C46H39NS. The topological polar surface area (TPSA) is 26.0 Å². The number of nitrogens with two attached hydrogens (primary N) is 1. The molecule has 0 amide bonds. The molecule has 0 aromatic heterocycles. The molecular weight excluding hydrogens is 599 g/mol. The van der Waals surface area contributed by atoms with E-state index in [1.807, 2.05) is 24.3 Å². The number of rotatable bonds is 1. The van der Waals surface area contributed by atoms with Crippen molar-refractivity contribution >= 4 is 56.2 Å². The summed E-state index contributed by atoms with van der Waals surface area (Å²) in [6.07, 6.45) is 7.24. The van der Waals surface area contributed by atoms with Crippen LogP contribution in [0.3, 0.4) is 0 Å². The predicted octanol–water partition coefficient (Wildman–Crippen LogP) is 12.3. The Bertz CT molecular complexity index is 2490. The monoisotopic (exact) mass is 637 g/mol. The van der Waals surface area contributed by atoms with Crippen LogP contribution in [0, 0.1) is 6.92 Å². The SMILES string of the molecule is Cc1c2ccccc2c(-c2ccc3c4c5c(ccc24)CCCC5=CC3)c2cc3c(cc12)-c1ccccc1C3(C)C.Nc1ccccc1S. The van der Waals surface area contributed by atoms with Gasteiger partial charge in [-0.2, -0.15) is 0 Å². The summed E-state index contributed by atoms with van der Waals surface area (Å²) in [5.41, 5.74) is 22.1. The molecule has 2 heteroatoms. The third kappa shape index (κ3) is 4.25. The first kappa shape index (κ1) is 29.4. The zero-order valence-electron chi connectivity index (χ0n) is 27.8. The third-order valence-electron chi connectivity index (χ3n) is 11.3. The van der Waals surface area contributed by atoms with Gasteiger partial charge in [-0.15, -0.1) is 12.6 Å². The second kappa shape index (κ2) is 10.9. The number of anilines is 1. The van der Waals surface area contributed by atoms with E-state index < -0.39 is 0 Å².